The van der Waals surface area contributed by atoms with Crippen LogP contribution in [0.1, 0.15) is 48.0 Å². The van der Waals surface area contributed by atoms with E-state index in [2.05, 4.69) is 51.9 Å². The van der Waals surface area contributed by atoms with Gasteiger partial charge >= 0.3 is 6.09 Å². The maximum Gasteiger partial charge on any atom is 0.407 e. The second-order valence-corrected chi connectivity index (χ2v) is 9.85. The number of aryl methyl sites for hydroxylation is 2. The van der Waals surface area contributed by atoms with Crippen LogP contribution in [0.25, 0.3) is 22.5 Å². The Morgan fingerprint density at radius 3 is 2.51 bits per heavy atom. The van der Waals surface area contributed by atoms with Crippen molar-refractivity contribution in [2.45, 2.75) is 46.6 Å². The molecule has 0 bridgehead atoms. The van der Waals surface area contributed by atoms with Crippen LogP contribution in [0.15, 0.2) is 36.5 Å². The first-order valence-electron chi connectivity index (χ1n) is 11.9. The van der Waals surface area contributed by atoms with Gasteiger partial charge in [-0.25, -0.2) is 4.79 Å². The highest BCUT2D eigenvalue weighted by atomic mass is 16.6. The van der Waals surface area contributed by atoms with E-state index >= 15 is 0 Å². The molecular weight excluding hydrogens is 442 g/mol. The van der Waals surface area contributed by atoms with Crippen molar-refractivity contribution in [3.8, 4) is 22.5 Å². The van der Waals surface area contributed by atoms with E-state index in [0.717, 1.165) is 51.4 Å². The van der Waals surface area contributed by atoms with Crippen molar-refractivity contribution in [1.82, 2.24) is 20.6 Å². The van der Waals surface area contributed by atoms with Crippen molar-refractivity contribution in [1.29, 1.82) is 0 Å². The lowest BCUT2D eigenvalue weighted by Crippen LogP contribution is -2.35. The first-order chi connectivity index (χ1) is 16.6. The Hall–Kier alpha value is -3.81. The number of nitrogens with one attached hydrogen (secondary N) is 4. The summed E-state index contributed by atoms with van der Waals surface area (Å²) in [6.45, 7) is 11.3. The molecule has 0 unspecified atom stereocenters. The summed E-state index contributed by atoms with van der Waals surface area (Å²) in [4.78, 5) is 31.9. The monoisotopic (exact) mass is 475 g/mol. The largest absolute Gasteiger partial charge is 0.444 e. The first kappa shape index (κ1) is 24.3. The molecule has 3 heterocycles. The minimum Gasteiger partial charge on any atom is -0.444 e. The highest BCUT2D eigenvalue weighted by Crippen LogP contribution is 2.30. The third kappa shape index (κ3) is 5.82. The Morgan fingerprint density at radius 2 is 1.83 bits per heavy atom. The summed E-state index contributed by atoms with van der Waals surface area (Å²) >= 11 is 0. The molecule has 184 valence electrons. The molecule has 3 aromatic rings. The summed E-state index contributed by atoms with van der Waals surface area (Å²) in [5.74, 6) is -0.0290. The zero-order valence-corrected chi connectivity index (χ0v) is 21.0. The van der Waals surface area contributed by atoms with Crippen molar-refractivity contribution in [2.75, 3.05) is 25.0 Å². The van der Waals surface area contributed by atoms with E-state index in [1.807, 2.05) is 39.0 Å². The van der Waals surface area contributed by atoms with Gasteiger partial charge in [0.2, 0.25) is 0 Å². The molecule has 8 heteroatoms. The summed E-state index contributed by atoms with van der Waals surface area (Å²) in [5, 5.41) is 9.07. The van der Waals surface area contributed by atoms with Gasteiger partial charge in [-0.1, -0.05) is 0 Å². The zero-order valence-electron chi connectivity index (χ0n) is 21.0. The third-order valence-corrected chi connectivity index (χ3v) is 5.80. The molecule has 1 aliphatic heterocycles. The van der Waals surface area contributed by atoms with Crippen molar-refractivity contribution in [3.63, 3.8) is 0 Å². The molecule has 0 saturated carbocycles. The number of carbonyl (C=O) groups is 2. The Kier molecular flexibility index (Phi) is 6.82. The van der Waals surface area contributed by atoms with Gasteiger partial charge in [-0.3, -0.25) is 9.78 Å². The van der Waals surface area contributed by atoms with E-state index in [9.17, 15) is 9.59 Å². The minimum atomic E-state index is -0.513. The molecule has 1 aromatic carbocycles. The summed E-state index contributed by atoms with van der Waals surface area (Å²) in [7, 11) is 0. The van der Waals surface area contributed by atoms with Gasteiger partial charge in [0.15, 0.2) is 0 Å². The number of ether oxygens (including phenoxy) is 1. The van der Waals surface area contributed by atoms with Crippen LogP contribution in [-0.2, 0) is 11.2 Å². The standard InChI is InChI=1S/C27H33N5O3/c1-16-12-19(13-17(2)24(16)29-10-11-31-26(34)35-27(3,4)5)22-14-18(6-8-28-22)23-15-20-21(32-23)7-9-30-25(20)33/h6,8,12-15,29,32H,7,9-11H2,1-5H3,(H,30,33)(H,31,34). The van der Waals surface area contributed by atoms with Crippen LogP contribution < -0.4 is 16.0 Å². The molecule has 8 nitrogen and oxygen atoms in total. The molecule has 35 heavy (non-hydrogen) atoms. The zero-order chi connectivity index (χ0) is 25.2. The molecule has 4 N–H and O–H groups in total. The SMILES string of the molecule is Cc1cc(-c2cc(-c3cc4c([nH]3)CCNC4=O)ccn2)cc(C)c1NCCNC(=O)OC(C)(C)C. The number of hydrogen-bond donors (Lipinski definition) is 4. The van der Waals surface area contributed by atoms with Gasteiger partial charge in [0, 0.05) is 60.5 Å². The van der Waals surface area contributed by atoms with Crippen LogP contribution in [0.2, 0.25) is 0 Å². The number of H-pyrrole nitrogens is 1. The van der Waals surface area contributed by atoms with E-state index in [1.165, 1.54) is 0 Å². The molecule has 2 amide bonds. The number of benzene rings is 1. The molecule has 0 atom stereocenters. The number of hydrogen-bond acceptors (Lipinski definition) is 5. The van der Waals surface area contributed by atoms with Crippen molar-refractivity contribution in [2.24, 2.45) is 0 Å². The second-order valence-electron chi connectivity index (χ2n) is 9.85. The van der Waals surface area contributed by atoms with Crippen LogP contribution in [-0.4, -0.2) is 47.2 Å². The Morgan fingerprint density at radius 1 is 1.09 bits per heavy atom. The van der Waals surface area contributed by atoms with Gasteiger partial charge in [-0.15, -0.1) is 0 Å². The first-order valence-corrected chi connectivity index (χ1v) is 11.9. The summed E-state index contributed by atoms with van der Waals surface area (Å²) in [6, 6.07) is 10.1. The van der Waals surface area contributed by atoms with E-state index in [-0.39, 0.29) is 5.91 Å². The van der Waals surface area contributed by atoms with Gasteiger partial charge in [0.1, 0.15) is 5.60 Å². The fraction of sp³-hybridized carbons (Fsp3) is 0.370. The lowest BCUT2D eigenvalue weighted by molar-refractivity contribution is 0.0530. The van der Waals surface area contributed by atoms with E-state index in [4.69, 9.17) is 4.74 Å². The average molecular weight is 476 g/mol. The molecule has 0 aliphatic carbocycles. The van der Waals surface area contributed by atoms with Crippen LogP contribution in [0, 0.1) is 13.8 Å². The lowest BCUT2D eigenvalue weighted by Gasteiger charge is -2.20. The highest BCUT2D eigenvalue weighted by Gasteiger charge is 2.20. The van der Waals surface area contributed by atoms with Gasteiger partial charge in [0.25, 0.3) is 5.91 Å². The Bertz CT molecular complexity index is 1230. The molecule has 0 saturated heterocycles. The average Bonchev–Trinajstić information content (AvgIpc) is 3.23. The number of carbonyl (C=O) groups excluding carboxylic acids is 2. The van der Waals surface area contributed by atoms with Gasteiger partial charge in [-0.05, 0) is 76.1 Å². The number of nitrogens with zero attached hydrogens (tertiary/aromatic N) is 1. The molecule has 4 rings (SSSR count). The topological polar surface area (TPSA) is 108 Å². The number of rotatable bonds is 6. The summed E-state index contributed by atoms with van der Waals surface area (Å²) < 4.78 is 5.27. The molecule has 1 aliphatic rings. The van der Waals surface area contributed by atoms with Crippen LogP contribution in [0.5, 0.6) is 0 Å². The summed E-state index contributed by atoms with van der Waals surface area (Å²) in [5.41, 5.74) is 8.20. The quantitative estimate of drug-likeness (QED) is 0.390. The fourth-order valence-corrected chi connectivity index (χ4v) is 4.26. The smallest absolute Gasteiger partial charge is 0.407 e. The van der Waals surface area contributed by atoms with E-state index in [0.29, 0.717) is 25.2 Å². The number of anilines is 1. The molecular formula is C27H33N5O3. The van der Waals surface area contributed by atoms with Crippen LogP contribution >= 0.6 is 0 Å². The lowest BCUT2D eigenvalue weighted by atomic mass is 10.0. The van der Waals surface area contributed by atoms with Gasteiger partial charge in [0.05, 0.1) is 11.3 Å². The Labute approximate surface area is 205 Å². The number of alkyl carbamates (subject to hydrolysis) is 1. The normalized spacial score (nSPS) is 13.1. The van der Waals surface area contributed by atoms with E-state index in [1.54, 1.807) is 6.20 Å². The predicted molar refractivity (Wildman–Crippen MR) is 138 cm³/mol. The second kappa shape index (κ2) is 9.82. The number of amides is 2. The molecule has 0 fully saturated rings. The number of aromatic amines is 1. The number of aromatic nitrogens is 2. The predicted octanol–water partition coefficient (Wildman–Crippen LogP) is 4.58. The van der Waals surface area contributed by atoms with E-state index < -0.39 is 11.7 Å². The van der Waals surface area contributed by atoms with Gasteiger partial charge < -0.3 is 25.7 Å². The third-order valence-electron chi connectivity index (χ3n) is 5.80. The molecule has 0 radical (unpaired) electrons. The van der Waals surface area contributed by atoms with Crippen molar-refractivity contribution >= 4 is 17.7 Å². The number of pyridine rings is 1. The van der Waals surface area contributed by atoms with Gasteiger partial charge in [-0.2, -0.15) is 0 Å². The molecule has 2 aromatic heterocycles. The van der Waals surface area contributed by atoms with Crippen molar-refractivity contribution < 1.29 is 14.3 Å². The number of fused-ring (bicyclic) bond motifs is 1. The fourth-order valence-electron chi connectivity index (χ4n) is 4.26. The maximum absolute atomic E-state index is 12.1. The Balaban J connectivity index is 1.46. The minimum absolute atomic E-state index is 0.0290. The highest BCUT2D eigenvalue weighted by molar-refractivity contribution is 5.97. The van der Waals surface area contributed by atoms with Crippen molar-refractivity contribution in [3.05, 3.63) is 58.9 Å². The van der Waals surface area contributed by atoms with Crippen LogP contribution in [0.4, 0.5) is 10.5 Å². The maximum atomic E-state index is 12.1. The van der Waals surface area contributed by atoms with Crippen LogP contribution in [0.3, 0.4) is 0 Å². The molecule has 0 spiro atoms. The summed E-state index contributed by atoms with van der Waals surface area (Å²) in [6.07, 6.45) is 2.18.